The van der Waals surface area contributed by atoms with Crippen molar-refractivity contribution < 1.29 is 19.5 Å². The summed E-state index contributed by atoms with van der Waals surface area (Å²) in [5.41, 5.74) is -0.175. The van der Waals surface area contributed by atoms with Gasteiger partial charge in [0.05, 0.1) is 0 Å². The van der Waals surface area contributed by atoms with E-state index in [1.54, 1.807) is 0 Å². The molecule has 0 radical (unpaired) electrons. The zero-order chi connectivity index (χ0) is 15.0. The molecule has 112 valence electrons. The molecule has 1 fully saturated rings. The lowest BCUT2D eigenvalue weighted by Gasteiger charge is -2.14. The van der Waals surface area contributed by atoms with Crippen LogP contribution in [0.4, 0.5) is 0 Å². The summed E-state index contributed by atoms with van der Waals surface area (Å²) in [5, 5.41) is 9.13. The molecule has 2 amide bonds. The summed E-state index contributed by atoms with van der Waals surface area (Å²) in [5.74, 6) is -2.03. The van der Waals surface area contributed by atoms with Gasteiger partial charge in [-0.1, -0.05) is 45.1 Å². The Morgan fingerprint density at radius 2 is 1.65 bits per heavy atom. The summed E-state index contributed by atoms with van der Waals surface area (Å²) in [6.45, 7) is 2.16. The number of carbonyl (C=O) groups is 3. The van der Waals surface area contributed by atoms with E-state index in [0.29, 0.717) is 6.42 Å². The molecule has 1 N–H and O–H groups in total. The molecule has 0 atom stereocenters. The zero-order valence-corrected chi connectivity index (χ0v) is 12.1. The topological polar surface area (TPSA) is 74.7 Å². The minimum absolute atomic E-state index is 0.112. The number of carboxylic acids is 1. The molecule has 0 bridgehead atoms. The van der Waals surface area contributed by atoms with Crippen molar-refractivity contribution in [1.82, 2.24) is 4.90 Å². The Labute approximate surface area is 119 Å². The third-order valence-electron chi connectivity index (χ3n) is 3.41. The molecule has 0 saturated carbocycles. The molecule has 5 heteroatoms. The maximum Gasteiger partial charge on any atom is 0.352 e. The van der Waals surface area contributed by atoms with Crippen molar-refractivity contribution in [2.24, 2.45) is 0 Å². The summed E-state index contributed by atoms with van der Waals surface area (Å²) < 4.78 is 0. The Hall–Kier alpha value is -1.65. The van der Waals surface area contributed by atoms with Gasteiger partial charge in [-0.3, -0.25) is 9.59 Å². The fourth-order valence-corrected chi connectivity index (χ4v) is 2.28. The fourth-order valence-electron chi connectivity index (χ4n) is 2.28. The molecule has 1 heterocycles. The minimum atomic E-state index is -1.21. The second-order valence-corrected chi connectivity index (χ2v) is 5.07. The molecule has 20 heavy (non-hydrogen) atoms. The smallest absolute Gasteiger partial charge is 0.352 e. The summed E-state index contributed by atoms with van der Waals surface area (Å²) in [6.07, 6.45) is 9.02. The number of imide groups is 1. The van der Waals surface area contributed by atoms with Gasteiger partial charge in [0, 0.05) is 12.8 Å². The van der Waals surface area contributed by atoms with Crippen molar-refractivity contribution >= 4 is 17.8 Å². The van der Waals surface area contributed by atoms with Crippen LogP contribution in [0.1, 0.15) is 64.7 Å². The van der Waals surface area contributed by atoms with Gasteiger partial charge >= 0.3 is 5.97 Å². The van der Waals surface area contributed by atoms with E-state index in [-0.39, 0.29) is 18.5 Å². The fraction of sp³-hybridized carbons (Fsp3) is 0.667. The van der Waals surface area contributed by atoms with Crippen LogP contribution >= 0.6 is 0 Å². The molecule has 1 aliphatic rings. The Kier molecular flexibility index (Phi) is 6.98. The molecule has 0 aromatic heterocycles. The highest BCUT2D eigenvalue weighted by Crippen LogP contribution is 2.19. The quantitative estimate of drug-likeness (QED) is 0.400. The normalized spacial score (nSPS) is 16.1. The lowest BCUT2D eigenvalue weighted by atomic mass is 10.1. The number of rotatable bonds is 9. The minimum Gasteiger partial charge on any atom is -0.477 e. The summed E-state index contributed by atoms with van der Waals surface area (Å²) in [4.78, 5) is 35.1. The number of hydrogen-bond acceptors (Lipinski definition) is 3. The monoisotopic (exact) mass is 281 g/mol. The number of carboxylic acid groups (broad SMARTS) is 1. The SMILES string of the molecule is CCCCCCCCC=C(C(=O)O)N1C(=O)CCC1=O. The number of likely N-dealkylation sites (tertiary alicyclic amines) is 1. The van der Waals surface area contributed by atoms with Crippen LogP contribution in [-0.4, -0.2) is 27.8 Å². The van der Waals surface area contributed by atoms with Crippen LogP contribution in [0, 0.1) is 0 Å². The molecule has 0 spiro atoms. The number of unbranched alkanes of at least 4 members (excludes halogenated alkanes) is 6. The van der Waals surface area contributed by atoms with E-state index >= 15 is 0 Å². The van der Waals surface area contributed by atoms with Gasteiger partial charge in [0.15, 0.2) is 0 Å². The van der Waals surface area contributed by atoms with Gasteiger partial charge in [-0.25, -0.2) is 9.69 Å². The first kappa shape index (κ1) is 16.4. The van der Waals surface area contributed by atoms with E-state index in [2.05, 4.69) is 6.92 Å². The van der Waals surface area contributed by atoms with Crippen LogP contribution in [0.5, 0.6) is 0 Å². The van der Waals surface area contributed by atoms with Crippen LogP contribution < -0.4 is 0 Å². The highest BCUT2D eigenvalue weighted by atomic mass is 16.4. The van der Waals surface area contributed by atoms with Gasteiger partial charge in [0.1, 0.15) is 5.70 Å². The first-order valence-corrected chi connectivity index (χ1v) is 7.37. The maximum atomic E-state index is 11.5. The van der Waals surface area contributed by atoms with Gasteiger partial charge < -0.3 is 5.11 Å². The standard InChI is InChI=1S/C15H23NO4/c1-2-3-4-5-6-7-8-9-12(15(19)20)16-13(17)10-11-14(16)18/h9H,2-8,10-11H2,1H3,(H,19,20). The van der Waals surface area contributed by atoms with Gasteiger partial charge in [-0.05, 0) is 12.8 Å². The number of nitrogens with zero attached hydrogens (tertiary/aromatic N) is 1. The first-order chi connectivity index (χ1) is 9.57. The van der Waals surface area contributed by atoms with E-state index in [9.17, 15) is 14.4 Å². The molecule has 5 nitrogen and oxygen atoms in total. The van der Waals surface area contributed by atoms with Gasteiger partial charge in [0.2, 0.25) is 11.8 Å². The van der Waals surface area contributed by atoms with E-state index in [1.165, 1.54) is 25.3 Å². The van der Waals surface area contributed by atoms with E-state index in [4.69, 9.17) is 5.11 Å². The van der Waals surface area contributed by atoms with Gasteiger partial charge in [0.25, 0.3) is 0 Å². The molecule has 1 aliphatic heterocycles. The van der Waals surface area contributed by atoms with Crippen LogP contribution in [0.15, 0.2) is 11.8 Å². The van der Waals surface area contributed by atoms with E-state index in [0.717, 1.165) is 24.2 Å². The van der Waals surface area contributed by atoms with Gasteiger partial charge in [-0.15, -0.1) is 0 Å². The number of hydrogen-bond donors (Lipinski definition) is 1. The van der Waals surface area contributed by atoms with Crippen molar-refractivity contribution in [3.63, 3.8) is 0 Å². The number of aliphatic carboxylic acids is 1. The molecule has 1 saturated heterocycles. The summed E-state index contributed by atoms with van der Waals surface area (Å²) >= 11 is 0. The van der Waals surface area contributed by atoms with E-state index < -0.39 is 17.8 Å². The lowest BCUT2D eigenvalue weighted by Crippen LogP contribution is -2.32. The van der Waals surface area contributed by atoms with Crippen LogP contribution in [-0.2, 0) is 14.4 Å². The van der Waals surface area contributed by atoms with E-state index in [1.807, 2.05) is 0 Å². The molecular weight excluding hydrogens is 258 g/mol. The van der Waals surface area contributed by atoms with Crippen molar-refractivity contribution in [3.8, 4) is 0 Å². The predicted molar refractivity (Wildman–Crippen MR) is 74.8 cm³/mol. The second kappa shape index (κ2) is 8.51. The Balaban J connectivity index is 2.46. The Morgan fingerprint density at radius 3 is 2.20 bits per heavy atom. The predicted octanol–water partition coefficient (Wildman–Crippen LogP) is 2.85. The van der Waals surface area contributed by atoms with Crippen LogP contribution in [0.25, 0.3) is 0 Å². The number of carbonyl (C=O) groups excluding carboxylic acids is 2. The third kappa shape index (κ3) is 4.79. The van der Waals surface area contributed by atoms with Crippen molar-refractivity contribution in [1.29, 1.82) is 0 Å². The Bertz CT molecular complexity index is 385. The van der Waals surface area contributed by atoms with Crippen molar-refractivity contribution in [2.75, 3.05) is 0 Å². The molecule has 0 unspecified atom stereocenters. The first-order valence-electron chi connectivity index (χ1n) is 7.37. The highest BCUT2D eigenvalue weighted by molar-refractivity contribution is 6.08. The van der Waals surface area contributed by atoms with Gasteiger partial charge in [-0.2, -0.15) is 0 Å². The van der Waals surface area contributed by atoms with Crippen LogP contribution in [0.3, 0.4) is 0 Å². The van der Waals surface area contributed by atoms with Crippen LogP contribution in [0.2, 0.25) is 0 Å². The highest BCUT2D eigenvalue weighted by Gasteiger charge is 2.34. The molecule has 1 rings (SSSR count). The molecule has 0 aromatic rings. The second-order valence-electron chi connectivity index (χ2n) is 5.07. The largest absolute Gasteiger partial charge is 0.477 e. The number of allylic oxidation sites excluding steroid dienone is 1. The zero-order valence-electron chi connectivity index (χ0n) is 12.1. The van der Waals surface area contributed by atoms with Crippen molar-refractivity contribution in [2.45, 2.75) is 64.7 Å². The molecular formula is C15H23NO4. The Morgan fingerprint density at radius 1 is 1.10 bits per heavy atom. The third-order valence-corrected chi connectivity index (χ3v) is 3.41. The molecule has 0 aliphatic carbocycles. The maximum absolute atomic E-state index is 11.5. The number of amides is 2. The lowest BCUT2D eigenvalue weighted by molar-refractivity contribution is -0.143. The summed E-state index contributed by atoms with van der Waals surface area (Å²) in [6, 6.07) is 0. The molecule has 0 aromatic carbocycles. The summed E-state index contributed by atoms with van der Waals surface area (Å²) in [7, 11) is 0. The average Bonchev–Trinajstić information content (AvgIpc) is 2.73. The average molecular weight is 281 g/mol. The van der Waals surface area contributed by atoms with Crippen molar-refractivity contribution in [3.05, 3.63) is 11.8 Å².